The molecule has 0 spiro atoms. The van der Waals surface area contributed by atoms with Crippen LogP contribution in [-0.4, -0.2) is 131 Å². The molecule has 0 radical (unpaired) electrons. The number of unbranched alkanes of at least 4 members (excludes halogenated alkanes) is 1. The Balaban J connectivity index is 1.26. The summed E-state index contributed by atoms with van der Waals surface area (Å²) in [6.45, 7) is 4.87. The number of aromatic nitrogens is 2. The van der Waals surface area contributed by atoms with Crippen molar-refractivity contribution in [2.24, 2.45) is 0 Å². The fourth-order valence-electron chi connectivity index (χ4n) is 6.46. The van der Waals surface area contributed by atoms with E-state index in [9.17, 15) is 28.8 Å². The van der Waals surface area contributed by atoms with Gasteiger partial charge in [-0.15, -0.1) is 0 Å². The van der Waals surface area contributed by atoms with E-state index in [1.54, 1.807) is 39.0 Å². The van der Waals surface area contributed by atoms with E-state index in [1.807, 2.05) is 13.0 Å². The van der Waals surface area contributed by atoms with Gasteiger partial charge in [-0.25, -0.2) is 9.48 Å². The van der Waals surface area contributed by atoms with Gasteiger partial charge in [0.15, 0.2) is 12.3 Å². The zero-order chi connectivity index (χ0) is 37.7. The maximum Gasteiger partial charge on any atom is 0.409 e. The van der Waals surface area contributed by atoms with Gasteiger partial charge < -0.3 is 39.5 Å². The molecule has 288 valence electrons. The first-order chi connectivity index (χ1) is 25.6. The van der Waals surface area contributed by atoms with Crippen LogP contribution < -0.4 is 15.4 Å². The summed E-state index contributed by atoms with van der Waals surface area (Å²) in [6, 6.07) is 9.00. The van der Waals surface area contributed by atoms with Crippen LogP contribution in [0.2, 0.25) is 0 Å². The van der Waals surface area contributed by atoms with Crippen molar-refractivity contribution in [3.05, 3.63) is 42.1 Å². The highest BCUT2D eigenvalue weighted by molar-refractivity contribution is 5.96. The largest absolute Gasteiger partial charge is 0.467 e. The average Bonchev–Trinajstić information content (AvgIpc) is 3.82. The van der Waals surface area contributed by atoms with Gasteiger partial charge in [-0.1, -0.05) is 31.5 Å². The van der Waals surface area contributed by atoms with Gasteiger partial charge in [0.05, 0.1) is 18.9 Å². The lowest BCUT2D eigenvalue weighted by atomic mass is 9.93. The van der Waals surface area contributed by atoms with Gasteiger partial charge in [-0.3, -0.25) is 24.0 Å². The van der Waals surface area contributed by atoms with Crippen molar-refractivity contribution >= 4 is 35.7 Å². The first kappa shape index (κ1) is 39.1. The van der Waals surface area contributed by atoms with Crippen LogP contribution in [0.3, 0.4) is 0 Å². The number of piperazine rings is 1. The number of esters is 1. The van der Waals surface area contributed by atoms with Gasteiger partial charge in [0.25, 0.3) is 11.8 Å². The maximum absolute atomic E-state index is 13.8. The Morgan fingerprint density at radius 1 is 0.887 bits per heavy atom. The van der Waals surface area contributed by atoms with Crippen LogP contribution >= 0.6 is 0 Å². The molecular weight excluding hydrogens is 686 g/mol. The molecule has 2 aromatic rings. The average molecular weight is 738 g/mol. The number of nitrogens with zero attached hydrogens (tertiary/aromatic N) is 5. The highest BCUT2D eigenvalue weighted by Crippen LogP contribution is 2.24. The van der Waals surface area contributed by atoms with Crippen LogP contribution in [-0.2, 0) is 28.7 Å². The fourth-order valence-corrected chi connectivity index (χ4v) is 6.46. The summed E-state index contributed by atoms with van der Waals surface area (Å²) in [5, 5.41) is 10.3. The summed E-state index contributed by atoms with van der Waals surface area (Å²) in [7, 11) is 0. The van der Waals surface area contributed by atoms with Gasteiger partial charge in [0, 0.05) is 51.8 Å². The lowest BCUT2D eigenvalue weighted by molar-refractivity contribution is -0.141. The molecule has 3 heterocycles. The van der Waals surface area contributed by atoms with Crippen molar-refractivity contribution in [3.8, 4) is 11.6 Å². The fraction of sp³-hybridized carbons (Fsp3) is 0.595. The molecule has 1 saturated carbocycles. The minimum absolute atomic E-state index is 0.0485. The molecule has 16 heteroatoms. The molecule has 53 heavy (non-hydrogen) atoms. The number of likely N-dealkylation sites (tertiary alicyclic amines) is 1. The Labute approximate surface area is 309 Å². The van der Waals surface area contributed by atoms with Crippen molar-refractivity contribution < 1.29 is 43.0 Å². The number of carbonyl (C=O) groups is 6. The van der Waals surface area contributed by atoms with E-state index in [1.165, 1.54) is 17.7 Å². The Bertz CT molecular complexity index is 1590. The van der Waals surface area contributed by atoms with Gasteiger partial charge in [-0.2, -0.15) is 5.10 Å². The molecule has 2 atom stereocenters. The second-order valence-corrected chi connectivity index (χ2v) is 13.6. The number of ether oxygens (including phenoxy) is 3. The Morgan fingerprint density at radius 2 is 1.60 bits per heavy atom. The minimum atomic E-state index is -0.980. The number of para-hydroxylation sites is 1. The lowest BCUT2D eigenvalue weighted by Gasteiger charge is -2.36. The van der Waals surface area contributed by atoms with Crippen LogP contribution in [0.25, 0.3) is 5.69 Å². The SMILES string of the molecule is CCCCOC(=O)N1CCN(C(=O)[C@H](CCCOC(C)=O)NC(=O)c2cc(OCC(=O)N3CCC[C@H]3C(=O)NC3CCC3)n(-c3ccccc3)n2)CC1. The van der Waals surface area contributed by atoms with E-state index in [0.29, 0.717) is 38.1 Å². The Morgan fingerprint density at radius 3 is 2.28 bits per heavy atom. The van der Waals surface area contributed by atoms with Crippen molar-refractivity contribution in [1.29, 1.82) is 0 Å². The third-order valence-corrected chi connectivity index (χ3v) is 9.70. The Hall–Kier alpha value is -5.15. The van der Waals surface area contributed by atoms with Crippen LogP contribution in [0.15, 0.2) is 36.4 Å². The van der Waals surface area contributed by atoms with E-state index in [0.717, 1.165) is 32.1 Å². The molecule has 5 amide bonds. The van der Waals surface area contributed by atoms with E-state index in [4.69, 9.17) is 14.2 Å². The third-order valence-electron chi connectivity index (χ3n) is 9.70. The van der Waals surface area contributed by atoms with Crippen molar-refractivity contribution in [3.63, 3.8) is 0 Å². The second kappa shape index (κ2) is 19.1. The summed E-state index contributed by atoms with van der Waals surface area (Å²) in [5.41, 5.74) is 0.528. The molecular formula is C37H51N7O9. The normalized spacial score (nSPS) is 17.8. The van der Waals surface area contributed by atoms with Crippen LogP contribution in [0, 0.1) is 0 Å². The molecule has 3 aliphatic rings. The molecule has 1 aromatic carbocycles. The minimum Gasteiger partial charge on any atom is -0.467 e. The molecule has 2 N–H and O–H groups in total. The van der Waals surface area contributed by atoms with Crippen molar-refractivity contribution in [2.75, 3.05) is 52.5 Å². The topological polar surface area (TPSA) is 182 Å². The quantitative estimate of drug-likeness (QED) is 0.192. The maximum atomic E-state index is 13.8. The van der Waals surface area contributed by atoms with E-state index in [-0.39, 0.29) is 81.2 Å². The highest BCUT2D eigenvalue weighted by Gasteiger charge is 2.36. The van der Waals surface area contributed by atoms with E-state index < -0.39 is 30.1 Å². The first-order valence-electron chi connectivity index (χ1n) is 18.7. The summed E-state index contributed by atoms with van der Waals surface area (Å²) in [5.74, 6) is -1.80. The van der Waals surface area contributed by atoms with E-state index >= 15 is 0 Å². The van der Waals surface area contributed by atoms with Crippen molar-refractivity contribution in [1.82, 2.24) is 35.1 Å². The number of hydrogen-bond donors (Lipinski definition) is 2. The third kappa shape index (κ3) is 10.7. The molecule has 2 aliphatic heterocycles. The predicted octanol–water partition coefficient (Wildman–Crippen LogP) is 2.43. The number of hydrogen-bond acceptors (Lipinski definition) is 10. The number of rotatable bonds is 16. The molecule has 5 rings (SSSR count). The Kier molecular flexibility index (Phi) is 14.1. The lowest BCUT2D eigenvalue weighted by Crippen LogP contribution is -2.56. The van der Waals surface area contributed by atoms with E-state index in [2.05, 4.69) is 15.7 Å². The first-order valence-corrected chi connectivity index (χ1v) is 18.7. The summed E-state index contributed by atoms with van der Waals surface area (Å²) >= 11 is 0. The number of nitrogens with one attached hydrogen (secondary N) is 2. The molecule has 1 aromatic heterocycles. The summed E-state index contributed by atoms with van der Waals surface area (Å²) < 4.78 is 17.8. The highest BCUT2D eigenvalue weighted by atomic mass is 16.6. The number of benzene rings is 1. The monoisotopic (exact) mass is 737 g/mol. The van der Waals surface area contributed by atoms with Gasteiger partial charge in [-0.05, 0) is 63.5 Å². The summed E-state index contributed by atoms with van der Waals surface area (Å²) in [4.78, 5) is 82.3. The van der Waals surface area contributed by atoms with Gasteiger partial charge in [0.2, 0.25) is 17.7 Å². The van der Waals surface area contributed by atoms with Crippen LogP contribution in [0.1, 0.15) is 82.1 Å². The smallest absolute Gasteiger partial charge is 0.409 e. The molecule has 0 bridgehead atoms. The van der Waals surface area contributed by atoms with Crippen LogP contribution in [0.4, 0.5) is 4.79 Å². The molecule has 1 aliphatic carbocycles. The summed E-state index contributed by atoms with van der Waals surface area (Å²) in [6.07, 6.45) is 6.03. The number of carbonyl (C=O) groups excluding carboxylic acids is 6. The number of amides is 5. The zero-order valence-corrected chi connectivity index (χ0v) is 30.6. The zero-order valence-electron chi connectivity index (χ0n) is 30.6. The molecule has 16 nitrogen and oxygen atoms in total. The molecule has 2 saturated heterocycles. The predicted molar refractivity (Wildman–Crippen MR) is 191 cm³/mol. The van der Waals surface area contributed by atoms with Gasteiger partial charge in [0.1, 0.15) is 12.1 Å². The second-order valence-electron chi connectivity index (χ2n) is 13.6. The molecule has 0 unspecified atom stereocenters. The van der Waals surface area contributed by atoms with Gasteiger partial charge >= 0.3 is 12.1 Å². The standard InChI is InChI=1S/C37H51N7O9/c1-3-4-22-52-37(50)42-20-18-41(19-21-42)36(49)29(15-10-23-51-26(2)45)39-34(47)30-24-33(44(40-30)28-13-6-5-7-14-28)53-25-32(46)43-17-9-16-31(43)35(48)38-27-11-8-12-27/h5-7,13-14,24,27,29,31H,3-4,8-12,15-23,25H2,1-2H3,(H,38,48)(H,39,47)/t29-,31-/m0/s1. The molecule has 3 fully saturated rings. The van der Waals surface area contributed by atoms with Crippen LogP contribution in [0.5, 0.6) is 5.88 Å². The van der Waals surface area contributed by atoms with Crippen molar-refractivity contribution in [2.45, 2.75) is 89.8 Å².